The molecule has 160 valence electrons. The van der Waals surface area contributed by atoms with Crippen molar-refractivity contribution < 1.29 is 14.3 Å². The van der Waals surface area contributed by atoms with Crippen molar-refractivity contribution in [3.05, 3.63) is 94.1 Å². The van der Waals surface area contributed by atoms with Crippen molar-refractivity contribution >= 4 is 17.7 Å². The monoisotopic (exact) mass is 415 g/mol. The SMILES string of the molecule is COc1cc(C=CC(=O)Nc2c(C)cc(C)cc2C)ccc1OCc1ccccc1C. The summed E-state index contributed by atoms with van der Waals surface area (Å²) in [5, 5.41) is 2.98. The van der Waals surface area contributed by atoms with Gasteiger partial charge in [-0.1, -0.05) is 48.0 Å². The number of nitrogens with one attached hydrogen (secondary N) is 1. The third-order valence-corrected chi connectivity index (χ3v) is 5.18. The topological polar surface area (TPSA) is 47.6 Å². The van der Waals surface area contributed by atoms with Crippen LogP contribution < -0.4 is 14.8 Å². The largest absolute Gasteiger partial charge is 0.493 e. The van der Waals surface area contributed by atoms with E-state index in [9.17, 15) is 4.79 Å². The van der Waals surface area contributed by atoms with Gasteiger partial charge in [0, 0.05) is 11.8 Å². The van der Waals surface area contributed by atoms with Crippen molar-refractivity contribution in [1.29, 1.82) is 0 Å². The molecule has 0 atom stereocenters. The van der Waals surface area contributed by atoms with Crippen molar-refractivity contribution in [2.45, 2.75) is 34.3 Å². The molecule has 0 bridgehead atoms. The maximum Gasteiger partial charge on any atom is 0.248 e. The summed E-state index contributed by atoms with van der Waals surface area (Å²) < 4.78 is 11.5. The lowest BCUT2D eigenvalue weighted by molar-refractivity contribution is -0.111. The molecule has 0 aliphatic carbocycles. The summed E-state index contributed by atoms with van der Waals surface area (Å²) in [6.07, 6.45) is 3.29. The van der Waals surface area contributed by atoms with Crippen LogP contribution in [0, 0.1) is 27.7 Å². The summed E-state index contributed by atoms with van der Waals surface area (Å²) in [6.45, 7) is 8.58. The van der Waals surface area contributed by atoms with E-state index in [1.807, 2.05) is 51.1 Å². The molecule has 0 saturated carbocycles. The number of hydrogen-bond donors (Lipinski definition) is 1. The first-order chi connectivity index (χ1) is 14.9. The van der Waals surface area contributed by atoms with Crippen LogP contribution in [0.15, 0.2) is 60.7 Å². The Balaban J connectivity index is 1.68. The third-order valence-electron chi connectivity index (χ3n) is 5.18. The molecule has 3 rings (SSSR count). The Hall–Kier alpha value is -3.53. The molecule has 0 fully saturated rings. The highest BCUT2D eigenvalue weighted by Gasteiger charge is 2.08. The second kappa shape index (κ2) is 9.98. The van der Waals surface area contributed by atoms with Crippen molar-refractivity contribution in [2.75, 3.05) is 12.4 Å². The lowest BCUT2D eigenvalue weighted by Gasteiger charge is -2.13. The summed E-state index contributed by atoms with van der Waals surface area (Å²) in [7, 11) is 1.61. The number of anilines is 1. The Morgan fingerprint density at radius 3 is 2.29 bits per heavy atom. The van der Waals surface area contributed by atoms with Gasteiger partial charge in [-0.2, -0.15) is 0 Å². The summed E-state index contributed by atoms with van der Waals surface area (Å²) >= 11 is 0. The van der Waals surface area contributed by atoms with E-state index >= 15 is 0 Å². The average molecular weight is 416 g/mol. The van der Waals surface area contributed by atoms with E-state index in [0.29, 0.717) is 18.1 Å². The standard InChI is InChI=1S/C27H29NO3/c1-18-14-20(3)27(21(4)15-18)28-26(29)13-11-22-10-12-24(25(16-22)30-5)31-17-23-9-7-6-8-19(23)2/h6-16H,17H2,1-5H3,(H,28,29). The number of carbonyl (C=O) groups is 1. The zero-order chi connectivity index (χ0) is 22.4. The first-order valence-corrected chi connectivity index (χ1v) is 10.3. The summed E-state index contributed by atoms with van der Waals surface area (Å²) in [4.78, 5) is 12.4. The lowest BCUT2D eigenvalue weighted by atomic mass is 10.1. The van der Waals surface area contributed by atoms with Crippen LogP contribution in [-0.2, 0) is 11.4 Å². The van der Waals surface area contributed by atoms with Crippen LogP contribution in [0.2, 0.25) is 0 Å². The Labute approximate surface area is 184 Å². The number of ether oxygens (including phenoxy) is 2. The molecule has 0 aliphatic rings. The number of carbonyl (C=O) groups excluding carboxylic acids is 1. The van der Waals surface area contributed by atoms with Crippen LogP contribution in [0.4, 0.5) is 5.69 Å². The minimum Gasteiger partial charge on any atom is -0.493 e. The van der Waals surface area contributed by atoms with Gasteiger partial charge in [-0.25, -0.2) is 0 Å². The van der Waals surface area contributed by atoms with E-state index in [1.54, 1.807) is 13.2 Å². The molecule has 0 aromatic heterocycles. The van der Waals surface area contributed by atoms with Gasteiger partial charge in [0.15, 0.2) is 11.5 Å². The van der Waals surface area contributed by atoms with Crippen LogP contribution in [0.5, 0.6) is 11.5 Å². The van der Waals surface area contributed by atoms with E-state index in [-0.39, 0.29) is 5.91 Å². The quantitative estimate of drug-likeness (QED) is 0.470. The molecular weight excluding hydrogens is 386 g/mol. The number of hydrogen-bond acceptors (Lipinski definition) is 3. The van der Waals surface area contributed by atoms with Crippen molar-refractivity contribution in [3.8, 4) is 11.5 Å². The zero-order valence-corrected chi connectivity index (χ0v) is 18.8. The average Bonchev–Trinajstić information content (AvgIpc) is 2.74. The summed E-state index contributed by atoms with van der Waals surface area (Å²) in [6, 6.07) is 17.9. The highest BCUT2D eigenvalue weighted by atomic mass is 16.5. The van der Waals surface area contributed by atoms with Crippen LogP contribution in [0.3, 0.4) is 0 Å². The van der Waals surface area contributed by atoms with E-state index in [1.165, 1.54) is 17.2 Å². The molecule has 0 radical (unpaired) electrons. The van der Waals surface area contributed by atoms with E-state index in [0.717, 1.165) is 27.9 Å². The molecule has 3 aromatic carbocycles. The fraction of sp³-hybridized carbons (Fsp3) is 0.222. The fourth-order valence-corrected chi connectivity index (χ4v) is 3.55. The lowest BCUT2D eigenvalue weighted by Crippen LogP contribution is -2.10. The van der Waals surface area contributed by atoms with Gasteiger partial charge in [-0.15, -0.1) is 0 Å². The van der Waals surface area contributed by atoms with Gasteiger partial charge in [-0.05, 0) is 73.7 Å². The van der Waals surface area contributed by atoms with Gasteiger partial charge in [0.25, 0.3) is 0 Å². The van der Waals surface area contributed by atoms with Gasteiger partial charge in [0.05, 0.1) is 7.11 Å². The Bertz CT molecular complexity index is 1090. The first-order valence-electron chi connectivity index (χ1n) is 10.3. The highest BCUT2D eigenvalue weighted by molar-refractivity contribution is 6.02. The number of rotatable bonds is 7. The molecule has 0 aliphatic heterocycles. The predicted molar refractivity (Wildman–Crippen MR) is 127 cm³/mol. The van der Waals surface area contributed by atoms with E-state index in [2.05, 4.69) is 36.5 Å². The first kappa shape index (κ1) is 22.2. The Morgan fingerprint density at radius 1 is 0.903 bits per heavy atom. The minimum absolute atomic E-state index is 0.172. The van der Waals surface area contributed by atoms with Crippen LogP contribution in [0.25, 0.3) is 6.08 Å². The normalized spacial score (nSPS) is 10.9. The maximum absolute atomic E-state index is 12.4. The molecule has 0 spiro atoms. The zero-order valence-electron chi connectivity index (χ0n) is 18.8. The Morgan fingerprint density at radius 2 is 1.61 bits per heavy atom. The molecule has 3 aromatic rings. The molecule has 1 amide bonds. The van der Waals surface area contributed by atoms with Gasteiger partial charge in [0.1, 0.15) is 6.61 Å². The molecule has 31 heavy (non-hydrogen) atoms. The minimum atomic E-state index is -0.172. The van der Waals surface area contributed by atoms with Crippen molar-refractivity contribution in [1.82, 2.24) is 0 Å². The number of aryl methyl sites for hydroxylation is 4. The van der Waals surface area contributed by atoms with Gasteiger partial charge >= 0.3 is 0 Å². The Kier molecular flexibility index (Phi) is 7.14. The summed E-state index contributed by atoms with van der Waals surface area (Å²) in [5.74, 6) is 1.12. The van der Waals surface area contributed by atoms with Crippen LogP contribution in [-0.4, -0.2) is 13.0 Å². The molecule has 0 saturated heterocycles. The number of amides is 1. The van der Waals surface area contributed by atoms with E-state index < -0.39 is 0 Å². The van der Waals surface area contributed by atoms with Gasteiger partial charge in [0.2, 0.25) is 5.91 Å². The number of benzene rings is 3. The molecule has 0 unspecified atom stereocenters. The fourth-order valence-electron chi connectivity index (χ4n) is 3.55. The molecule has 4 nitrogen and oxygen atoms in total. The van der Waals surface area contributed by atoms with Crippen molar-refractivity contribution in [3.63, 3.8) is 0 Å². The maximum atomic E-state index is 12.4. The predicted octanol–water partition coefficient (Wildman–Crippen LogP) is 6.16. The second-order valence-corrected chi connectivity index (χ2v) is 7.72. The van der Waals surface area contributed by atoms with Gasteiger partial charge in [-0.3, -0.25) is 4.79 Å². The third kappa shape index (κ3) is 5.76. The molecule has 1 N–H and O–H groups in total. The molecule has 0 heterocycles. The van der Waals surface area contributed by atoms with Gasteiger partial charge < -0.3 is 14.8 Å². The van der Waals surface area contributed by atoms with Crippen LogP contribution >= 0.6 is 0 Å². The highest BCUT2D eigenvalue weighted by Crippen LogP contribution is 2.29. The van der Waals surface area contributed by atoms with Crippen molar-refractivity contribution in [2.24, 2.45) is 0 Å². The second-order valence-electron chi connectivity index (χ2n) is 7.72. The molecular formula is C27H29NO3. The van der Waals surface area contributed by atoms with E-state index in [4.69, 9.17) is 9.47 Å². The summed E-state index contributed by atoms with van der Waals surface area (Å²) in [5.41, 5.74) is 7.32. The number of methoxy groups -OCH3 is 1. The smallest absolute Gasteiger partial charge is 0.248 e. The van der Waals surface area contributed by atoms with Crippen LogP contribution in [0.1, 0.15) is 33.4 Å². The molecule has 4 heteroatoms.